The molecule has 1 fully saturated rings. The zero-order valence-electron chi connectivity index (χ0n) is 22.8. The van der Waals surface area contributed by atoms with Gasteiger partial charge in [-0.2, -0.15) is 8.42 Å². The van der Waals surface area contributed by atoms with Crippen LogP contribution in [0.15, 0.2) is 72.0 Å². The minimum absolute atomic E-state index is 0.0215. The third kappa shape index (κ3) is 7.67. The second kappa shape index (κ2) is 13.1. The first-order valence-electron chi connectivity index (χ1n) is 13.4. The molecule has 212 valence electrons. The van der Waals surface area contributed by atoms with Crippen molar-refractivity contribution in [3.8, 4) is 0 Å². The molecule has 0 spiro atoms. The van der Waals surface area contributed by atoms with Gasteiger partial charge >= 0.3 is 0 Å². The Morgan fingerprint density at radius 3 is 2.42 bits per heavy atom. The fraction of sp³-hybridized carbons (Fsp3) is 0.367. The predicted molar refractivity (Wildman–Crippen MR) is 156 cm³/mol. The summed E-state index contributed by atoms with van der Waals surface area (Å²) in [6.45, 7) is 5.32. The van der Waals surface area contributed by atoms with E-state index in [4.69, 9.17) is 4.55 Å². The normalized spacial score (nSPS) is 15.6. The summed E-state index contributed by atoms with van der Waals surface area (Å²) >= 11 is 0. The van der Waals surface area contributed by atoms with Crippen LogP contribution in [-0.4, -0.2) is 60.2 Å². The Morgan fingerprint density at radius 2 is 1.80 bits per heavy atom. The van der Waals surface area contributed by atoms with Gasteiger partial charge in [0.15, 0.2) is 0 Å². The Hall–Kier alpha value is -3.76. The Morgan fingerprint density at radius 1 is 1.10 bits per heavy atom. The number of rotatable bonds is 10. The molecule has 0 aliphatic carbocycles. The highest BCUT2D eigenvalue weighted by Crippen LogP contribution is 2.33. The number of benzene rings is 2. The molecule has 0 saturated carbocycles. The van der Waals surface area contributed by atoms with Crippen molar-refractivity contribution in [2.75, 3.05) is 30.3 Å². The first-order chi connectivity index (χ1) is 19.1. The zero-order valence-corrected chi connectivity index (χ0v) is 23.6. The van der Waals surface area contributed by atoms with Crippen LogP contribution >= 0.6 is 0 Å². The molecule has 3 aromatic rings. The fourth-order valence-corrected chi connectivity index (χ4v) is 5.64. The molecule has 10 heteroatoms. The lowest BCUT2D eigenvalue weighted by Crippen LogP contribution is -2.41. The lowest BCUT2D eigenvalue weighted by Gasteiger charge is -2.33. The number of nitrogens with zero attached hydrogens (tertiary/aromatic N) is 3. The Bertz CT molecular complexity index is 1450. The number of pyridine rings is 1. The number of hydrogen-bond donors (Lipinski definition) is 3. The quantitative estimate of drug-likeness (QED) is 0.145. The van der Waals surface area contributed by atoms with Crippen LogP contribution in [0, 0.1) is 19.8 Å². The number of carbonyl (C=O) groups is 1. The second-order valence-corrected chi connectivity index (χ2v) is 11.8. The number of aryl methyl sites for hydroxylation is 2. The van der Waals surface area contributed by atoms with Gasteiger partial charge in [-0.15, -0.1) is 0 Å². The third-order valence-corrected chi connectivity index (χ3v) is 8.22. The summed E-state index contributed by atoms with van der Waals surface area (Å²) in [5.41, 5.74) is 6.81. The highest BCUT2D eigenvalue weighted by atomic mass is 32.2. The van der Waals surface area contributed by atoms with Gasteiger partial charge in [0.25, 0.3) is 10.1 Å². The number of nitrogens with one attached hydrogen (secondary N) is 1. The second-order valence-electron chi connectivity index (χ2n) is 10.3. The molecule has 1 amide bonds. The zero-order chi connectivity index (χ0) is 28.7. The summed E-state index contributed by atoms with van der Waals surface area (Å²) in [6.07, 6.45) is 3.56. The van der Waals surface area contributed by atoms with Crippen molar-refractivity contribution in [3.05, 3.63) is 94.8 Å². The Kier molecular flexibility index (Phi) is 9.54. The fourth-order valence-electron chi connectivity index (χ4n) is 5.28. The number of anilines is 1. The van der Waals surface area contributed by atoms with Gasteiger partial charge in [-0.3, -0.25) is 14.3 Å². The van der Waals surface area contributed by atoms with Crippen LogP contribution in [0.2, 0.25) is 0 Å². The van der Waals surface area contributed by atoms with E-state index in [-0.39, 0.29) is 24.3 Å². The van der Waals surface area contributed by atoms with Crippen LogP contribution in [0.3, 0.4) is 0 Å². The Balaban J connectivity index is 1.47. The van der Waals surface area contributed by atoms with E-state index in [0.29, 0.717) is 38.1 Å². The van der Waals surface area contributed by atoms with Gasteiger partial charge in [0.05, 0.1) is 11.5 Å². The van der Waals surface area contributed by atoms with E-state index in [0.717, 1.165) is 28.1 Å². The molecular formula is C30H36N4O5S. The van der Waals surface area contributed by atoms with Crippen LogP contribution in [-0.2, 0) is 14.9 Å². The maximum Gasteiger partial charge on any atom is 0.266 e. The van der Waals surface area contributed by atoms with Gasteiger partial charge in [-0.25, -0.2) is 0 Å². The molecule has 1 saturated heterocycles. The van der Waals surface area contributed by atoms with E-state index in [1.165, 1.54) is 5.56 Å². The summed E-state index contributed by atoms with van der Waals surface area (Å²) in [7, 11) is -4.09. The number of hydrogen-bond acceptors (Lipinski definition) is 7. The van der Waals surface area contributed by atoms with Gasteiger partial charge in [0, 0.05) is 61.0 Å². The molecule has 1 aliphatic heterocycles. The maximum absolute atomic E-state index is 12.4. The predicted octanol–water partition coefficient (Wildman–Crippen LogP) is 4.32. The molecule has 2 heterocycles. The van der Waals surface area contributed by atoms with Gasteiger partial charge in [0.1, 0.15) is 0 Å². The molecule has 40 heavy (non-hydrogen) atoms. The average molecular weight is 565 g/mol. The van der Waals surface area contributed by atoms with Crippen molar-refractivity contribution in [1.29, 1.82) is 0 Å². The van der Waals surface area contributed by atoms with Crippen molar-refractivity contribution < 1.29 is 23.0 Å². The number of oxime groups is 1. The largest absolute Gasteiger partial charge is 0.411 e. The van der Waals surface area contributed by atoms with Crippen molar-refractivity contribution in [3.63, 3.8) is 0 Å². The topological polar surface area (TPSA) is 132 Å². The standard InChI is InChI=1S/C30H36N4O5S/c1-21-5-3-4-6-27(21)28(20-29(33-36)25-11-14-31-22(2)19-25)23-7-9-26(10-8-23)34-16-12-24(13-17-34)30(35)32-15-18-40(37,38)39/h3-11,14,19,24,28,36H,12-13,15-18,20H2,1-2H3,(H,32,35)(H,37,38,39)/t28-/m1/s1. The third-order valence-electron chi connectivity index (χ3n) is 7.50. The summed E-state index contributed by atoms with van der Waals surface area (Å²) < 4.78 is 30.6. The molecule has 1 atom stereocenters. The molecule has 3 N–H and O–H groups in total. The summed E-state index contributed by atoms with van der Waals surface area (Å²) in [4.78, 5) is 18.9. The van der Waals surface area contributed by atoms with E-state index < -0.39 is 15.9 Å². The Labute approximate surface area is 235 Å². The lowest BCUT2D eigenvalue weighted by molar-refractivity contribution is -0.125. The van der Waals surface area contributed by atoms with Gasteiger partial charge in [-0.05, 0) is 67.6 Å². The van der Waals surface area contributed by atoms with Crippen LogP contribution in [0.5, 0.6) is 0 Å². The first-order valence-corrected chi connectivity index (χ1v) is 15.0. The van der Waals surface area contributed by atoms with E-state index >= 15 is 0 Å². The van der Waals surface area contributed by atoms with Crippen LogP contribution in [0.1, 0.15) is 53.1 Å². The minimum atomic E-state index is -4.09. The highest BCUT2D eigenvalue weighted by Gasteiger charge is 2.26. The van der Waals surface area contributed by atoms with Gasteiger partial charge in [0.2, 0.25) is 5.91 Å². The van der Waals surface area contributed by atoms with Crippen molar-refractivity contribution in [1.82, 2.24) is 10.3 Å². The van der Waals surface area contributed by atoms with E-state index in [1.54, 1.807) is 6.20 Å². The molecule has 2 aromatic carbocycles. The molecule has 0 bridgehead atoms. The van der Waals surface area contributed by atoms with Gasteiger partial charge in [-0.1, -0.05) is 41.6 Å². The van der Waals surface area contributed by atoms with E-state index in [9.17, 15) is 18.4 Å². The summed E-state index contributed by atoms with van der Waals surface area (Å²) in [5, 5.41) is 16.2. The molecule has 0 unspecified atom stereocenters. The van der Waals surface area contributed by atoms with Crippen molar-refractivity contribution in [2.24, 2.45) is 11.1 Å². The lowest BCUT2D eigenvalue weighted by atomic mass is 9.83. The molecule has 4 rings (SSSR count). The molecule has 1 aromatic heterocycles. The first kappa shape index (κ1) is 29.2. The van der Waals surface area contributed by atoms with Crippen molar-refractivity contribution in [2.45, 2.75) is 39.0 Å². The number of aromatic nitrogens is 1. The average Bonchev–Trinajstić information content (AvgIpc) is 2.94. The van der Waals surface area contributed by atoms with Crippen LogP contribution in [0.25, 0.3) is 0 Å². The number of amides is 1. The monoisotopic (exact) mass is 564 g/mol. The van der Waals surface area contributed by atoms with Crippen molar-refractivity contribution >= 4 is 27.4 Å². The van der Waals surface area contributed by atoms with Crippen LogP contribution < -0.4 is 10.2 Å². The molecule has 9 nitrogen and oxygen atoms in total. The maximum atomic E-state index is 12.4. The smallest absolute Gasteiger partial charge is 0.266 e. The van der Waals surface area contributed by atoms with E-state index in [2.05, 4.69) is 63.7 Å². The highest BCUT2D eigenvalue weighted by molar-refractivity contribution is 7.85. The summed E-state index contributed by atoms with van der Waals surface area (Å²) in [5.74, 6) is -0.867. The molecule has 1 aliphatic rings. The molecule has 0 radical (unpaired) electrons. The molecular weight excluding hydrogens is 528 g/mol. The number of carbonyl (C=O) groups excluding carboxylic acids is 1. The summed E-state index contributed by atoms with van der Waals surface area (Å²) in [6, 6.07) is 20.5. The minimum Gasteiger partial charge on any atom is -0.411 e. The number of piperidine rings is 1. The van der Waals surface area contributed by atoms with Crippen LogP contribution in [0.4, 0.5) is 5.69 Å². The SMILES string of the molecule is Cc1cc(C(C[C@H](c2ccc(N3CCC(C(=O)NCCS(=O)(=O)O)CC3)cc2)c2ccccc2C)=NO)ccn1. The van der Waals surface area contributed by atoms with E-state index in [1.807, 2.05) is 31.2 Å². The van der Waals surface area contributed by atoms with Gasteiger partial charge < -0.3 is 15.4 Å².